The van der Waals surface area contributed by atoms with Gasteiger partial charge in [0.15, 0.2) is 5.96 Å². The van der Waals surface area contributed by atoms with E-state index >= 15 is 0 Å². The summed E-state index contributed by atoms with van der Waals surface area (Å²) in [6.07, 6.45) is 3.64. The molecule has 1 aliphatic heterocycles. The molecular formula is C20H35IN4. The molecule has 1 aromatic rings. The Bertz CT molecular complexity index is 507. The van der Waals surface area contributed by atoms with Crippen LogP contribution in [0.5, 0.6) is 0 Å². The van der Waals surface area contributed by atoms with Gasteiger partial charge in [0.2, 0.25) is 0 Å². The molecule has 4 nitrogen and oxygen atoms in total. The van der Waals surface area contributed by atoms with E-state index in [2.05, 4.69) is 65.6 Å². The minimum Gasteiger partial charge on any atom is -0.356 e. The van der Waals surface area contributed by atoms with Gasteiger partial charge >= 0.3 is 0 Å². The van der Waals surface area contributed by atoms with Gasteiger partial charge in [0.05, 0.1) is 0 Å². The highest BCUT2D eigenvalue weighted by molar-refractivity contribution is 14.0. The summed E-state index contributed by atoms with van der Waals surface area (Å²) in [4.78, 5) is 6.90. The van der Waals surface area contributed by atoms with Crippen molar-refractivity contribution in [3.8, 4) is 0 Å². The molecule has 25 heavy (non-hydrogen) atoms. The summed E-state index contributed by atoms with van der Waals surface area (Å²) >= 11 is 0. The molecule has 1 aromatic carbocycles. The fourth-order valence-corrected chi connectivity index (χ4v) is 3.07. The zero-order chi connectivity index (χ0) is 17.4. The van der Waals surface area contributed by atoms with Crippen molar-refractivity contribution in [1.29, 1.82) is 0 Å². The first kappa shape index (κ1) is 22.2. The van der Waals surface area contributed by atoms with Gasteiger partial charge in [-0.2, -0.15) is 0 Å². The van der Waals surface area contributed by atoms with Crippen LogP contribution >= 0.6 is 24.0 Å². The van der Waals surface area contributed by atoms with Crippen LogP contribution in [0.15, 0.2) is 29.3 Å². The van der Waals surface area contributed by atoms with E-state index in [1.165, 1.54) is 37.1 Å². The summed E-state index contributed by atoms with van der Waals surface area (Å²) in [7, 11) is 1.85. The molecule has 0 saturated carbocycles. The smallest absolute Gasteiger partial charge is 0.191 e. The Labute approximate surface area is 170 Å². The summed E-state index contributed by atoms with van der Waals surface area (Å²) in [5, 5.41) is 6.93. The highest BCUT2D eigenvalue weighted by Gasteiger charge is 2.19. The Kier molecular flexibility index (Phi) is 10.4. The van der Waals surface area contributed by atoms with Crippen LogP contribution in [-0.4, -0.2) is 43.6 Å². The monoisotopic (exact) mass is 458 g/mol. The van der Waals surface area contributed by atoms with E-state index in [1.54, 1.807) is 0 Å². The Morgan fingerprint density at radius 3 is 2.44 bits per heavy atom. The largest absolute Gasteiger partial charge is 0.356 e. The number of halogens is 1. The number of aliphatic imine (C=N–C) groups is 1. The first-order chi connectivity index (χ1) is 11.6. The maximum Gasteiger partial charge on any atom is 0.191 e. The number of nitrogens with one attached hydrogen (secondary N) is 2. The van der Waals surface area contributed by atoms with Gasteiger partial charge in [-0.05, 0) is 57.7 Å². The second-order valence-corrected chi connectivity index (χ2v) is 7.11. The second kappa shape index (κ2) is 11.7. The van der Waals surface area contributed by atoms with Crippen molar-refractivity contribution in [2.75, 3.05) is 26.7 Å². The number of aryl methyl sites for hydroxylation is 1. The normalized spacial score (nSPS) is 17.7. The number of piperidine rings is 1. The predicted molar refractivity (Wildman–Crippen MR) is 119 cm³/mol. The molecule has 1 unspecified atom stereocenters. The van der Waals surface area contributed by atoms with Gasteiger partial charge in [-0.15, -0.1) is 24.0 Å². The van der Waals surface area contributed by atoms with E-state index in [4.69, 9.17) is 0 Å². The Balaban J connectivity index is 0.00000312. The molecule has 2 N–H and O–H groups in total. The average molecular weight is 458 g/mol. The number of guanidine groups is 1. The van der Waals surface area contributed by atoms with Crippen LogP contribution in [0, 0.1) is 12.8 Å². The number of likely N-dealkylation sites (tertiary alicyclic amines) is 1. The minimum absolute atomic E-state index is 0. The standard InChI is InChI=1S/C20H34N4.HI/c1-5-17(3)23-20(21-4)22-14-18-10-12-24(13-11-18)15-19-8-6-16(2)7-9-19;/h6-9,17-18H,5,10-15H2,1-4H3,(H2,21,22,23);1H. The van der Waals surface area contributed by atoms with E-state index in [0.29, 0.717) is 6.04 Å². The molecule has 0 spiro atoms. The maximum atomic E-state index is 4.32. The van der Waals surface area contributed by atoms with Crippen molar-refractivity contribution in [3.63, 3.8) is 0 Å². The van der Waals surface area contributed by atoms with Crippen molar-refractivity contribution in [2.24, 2.45) is 10.9 Å². The highest BCUT2D eigenvalue weighted by atomic mass is 127. The summed E-state index contributed by atoms with van der Waals surface area (Å²) < 4.78 is 0. The van der Waals surface area contributed by atoms with Crippen molar-refractivity contribution >= 4 is 29.9 Å². The van der Waals surface area contributed by atoms with E-state index in [1.807, 2.05) is 7.05 Å². The van der Waals surface area contributed by atoms with Crippen LogP contribution in [0.2, 0.25) is 0 Å². The van der Waals surface area contributed by atoms with E-state index in [-0.39, 0.29) is 24.0 Å². The van der Waals surface area contributed by atoms with Crippen LogP contribution in [0.1, 0.15) is 44.2 Å². The van der Waals surface area contributed by atoms with Crippen LogP contribution in [0.25, 0.3) is 0 Å². The van der Waals surface area contributed by atoms with Gasteiger partial charge in [-0.1, -0.05) is 36.8 Å². The molecule has 142 valence electrons. The third-order valence-corrected chi connectivity index (χ3v) is 5.01. The number of benzene rings is 1. The molecule has 5 heteroatoms. The first-order valence-corrected chi connectivity index (χ1v) is 9.35. The molecule has 1 heterocycles. The molecule has 2 rings (SSSR count). The lowest BCUT2D eigenvalue weighted by Gasteiger charge is -2.32. The number of hydrogen-bond acceptors (Lipinski definition) is 2. The van der Waals surface area contributed by atoms with Gasteiger partial charge in [0, 0.05) is 26.2 Å². The third kappa shape index (κ3) is 7.94. The molecular weight excluding hydrogens is 423 g/mol. The van der Waals surface area contributed by atoms with E-state index in [9.17, 15) is 0 Å². The SMILES string of the molecule is CCC(C)NC(=NC)NCC1CCN(Cc2ccc(C)cc2)CC1.I. The Morgan fingerprint density at radius 2 is 1.88 bits per heavy atom. The van der Waals surface area contributed by atoms with Crippen LogP contribution in [0.4, 0.5) is 0 Å². The van der Waals surface area contributed by atoms with Gasteiger partial charge in [-0.3, -0.25) is 9.89 Å². The maximum absolute atomic E-state index is 4.32. The van der Waals surface area contributed by atoms with Crippen LogP contribution < -0.4 is 10.6 Å². The second-order valence-electron chi connectivity index (χ2n) is 7.11. The summed E-state index contributed by atoms with van der Waals surface area (Å²) in [5.74, 6) is 1.68. The quantitative estimate of drug-likeness (QED) is 0.387. The van der Waals surface area contributed by atoms with Gasteiger partial charge in [0.25, 0.3) is 0 Å². The number of nitrogens with zero attached hydrogens (tertiary/aromatic N) is 2. The lowest BCUT2D eigenvalue weighted by Crippen LogP contribution is -2.45. The highest BCUT2D eigenvalue weighted by Crippen LogP contribution is 2.18. The number of rotatable bonds is 6. The topological polar surface area (TPSA) is 39.7 Å². The molecule has 0 radical (unpaired) electrons. The zero-order valence-corrected chi connectivity index (χ0v) is 18.5. The molecule has 0 aromatic heterocycles. The molecule has 0 aliphatic carbocycles. The lowest BCUT2D eigenvalue weighted by atomic mass is 9.96. The minimum atomic E-state index is 0. The summed E-state index contributed by atoms with van der Waals surface area (Å²) in [6, 6.07) is 9.40. The third-order valence-electron chi connectivity index (χ3n) is 5.01. The molecule has 0 bridgehead atoms. The molecule has 1 saturated heterocycles. The van der Waals surface area contributed by atoms with Crippen molar-refractivity contribution < 1.29 is 0 Å². The van der Waals surface area contributed by atoms with Crippen molar-refractivity contribution in [1.82, 2.24) is 15.5 Å². The van der Waals surface area contributed by atoms with Crippen LogP contribution in [-0.2, 0) is 6.54 Å². The molecule has 1 aliphatic rings. The van der Waals surface area contributed by atoms with Gasteiger partial charge in [-0.25, -0.2) is 0 Å². The molecule has 1 fully saturated rings. The molecule has 1 atom stereocenters. The zero-order valence-electron chi connectivity index (χ0n) is 16.2. The van der Waals surface area contributed by atoms with Crippen LogP contribution in [0.3, 0.4) is 0 Å². The fraction of sp³-hybridized carbons (Fsp3) is 0.650. The predicted octanol–water partition coefficient (Wildman–Crippen LogP) is 3.79. The van der Waals surface area contributed by atoms with Gasteiger partial charge < -0.3 is 10.6 Å². The Hall–Kier alpha value is -0.820. The first-order valence-electron chi connectivity index (χ1n) is 9.35. The number of hydrogen-bond donors (Lipinski definition) is 2. The van der Waals surface area contributed by atoms with E-state index in [0.717, 1.165) is 31.4 Å². The summed E-state index contributed by atoms with van der Waals surface area (Å²) in [6.45, 7) is 11.0. The van der Waals surface area contributed by atoms with Gasteiger partial charge in [0.1, 0.15) is 0 Å². The fourth-order valence-electron chi connectivity index (χ4n) is 3.07. The van der Waals surface area contributed by atoms with E-state index < -0.39 is 0 Å². The molecule has 0 amide bonds. The Morgan fingerprint density at radius 1 is 1.24 bits per heavy atom. The lowest BCUT2D eigenvalue weighted by molar-refractivity contribution is 0.178. The van der Waals surface area contributed by atoms with Crippen molar-refractivity contribution in [2.45, 2.75) is 52.6 Å². The summed E-state index contributed by atoms with van der Waals surface area (Å²) in [5.41, 5.74) is 2.76. The average Bonchev–Trinajstić information content (AvgIpc) is 2.61. The van der Waals surface area contributed by atoms with Crippen molar-refractivity contribution in [3.05, 3.63) is 35.4 Å².